The van der Waals surface area contributed by atoms with Gasteiger partial charge in [-0.15, -0.1) is 0 Å². The number of likely N-dealkylation sites (tertiary alicyclic amines) is 1. The maximum atomic E-state index is 14.8. The van der Waals surface area contributed by atoms with Crippen LogP contribution in [0.15, 0.2) is 65.8 Å². The minimum Gasteiger partial charge on any atom is -0.358 e. The topological polar surface area (TPSA) is 126 Å². The summed E-state index contributed by atoms with van der Waals surface area (Å²) in [6.07, 6.45) is 2.27. The molecule has 0 spiro atoms. The van der Waals surface area contributed by atoms with Crippen molar-refractivity contribution in [2.75, 3.05) is 25.5 Å². The van der Waals surface area contributed by atoms with Gasteiger partial charge in [0.2, 0.25) is 11.9 Å². The van der Waals surface area contributed by atoms with E-state index < -0.39 is 17.2 Å². The van der Waals surface area contributed by atoms with Gasteiger partial charge in [-0.3, -0.25) is 14.6 Å². The van der Waals surface area contributed by atoms with Crippen molar-refractivity contribution in [3.63, 3.8) is 0 Å². The molecular weight excluding hydrogens is 623 g/mol. The summed E-state index contributed by atoms with van der Waals surface area (Å²) in [6.45, 7) is 0.728. The zero-order valence-electron chi connectivity index (χ0n) is 24.0. The van der Waals surface area contributed by atoms with Gasteiger partial charge in [-0.1, -0.05) is 35.3 Å². The summed E-state index contributed by atoms with van der Waals surface area (Å²) >= 11 is 12.9. The van der Waals surface area contributed by atoms with Gasteiger partial charge in [0.25, 0.3) is 5.91 Å². The molecule has 1 saturated heterocycles. The number of nitrogens with two attached hydrogens (primary N) is 1. The maximum Gasteiger partial charge on any atom is 0.255 e. The summed E-state index contributed by atoms with van der Waals surface area (Å²) in [5.74, 6) is -1.76. The number of likely N-dealkylation sites (N-methyl/N-ethyl adjacent to an activating group) is 1. The maximum absolute atomic E-state index is 14.8. The summed E-state index contributed by atoms with van der Waals surface area (Å²) in [6, 6.07) is 13.6. The quantitative estimate of drug-likeness (QED) is 0.262. The highest BCUT2D eigenvalue weighted by atomic mass is 35.5. The molecule has 3 heterocycles. The molecule has 4 N–H and O–H groups in total. The Bertz CT molecular complexity index is 1860. The first-order valence-electron chi connectivity index (χ1n) is 14.1. The number of carbonyl (C=O) groups is 2. The number of anilines is 2. The number of halogens is 4. The molecule has 45 heavy (non-hydrogen) atoms. The lowest BCUT2D eigenvalue weighted by Crippen LogP contribution is -2.59. The second-order valence-electron chi connectivity index (χ2n) is 10.9. The molecule has 2 aliphatic heterocycles. The third kappa shape index (κ3) is 5.86. The Hall–Kier alpha value is -4.45. The van der Waals surface area contributed by atoms with Crippen molar-refractivity contribution < 1.29 is 18.4 Å². The Morgan fingerprint density at radius 3 is 2.42 bits per heavy atom. The Labute approximate surface area is 267 Å². The zero-order chi connectivity index (χ0) is 31.9. The molecule has 0 unspecified atom stereocenters. The second kappa shape index (κ2) is 12.2. The number of hydrogen-bond donors (Lipinski definition) is 3. The van der Waals surface area contributed by atoms with Crippen molar-refractivity contribution in [3.8, 4) is 11.3 Å². The predicted molar refractivity (Wildman–Crippen MR) is 169 cm³/mol. The van der Waals surface area contributed by atoms with Crippen LogP contribution in [-0.2, 0) is 11.3 Å². The molecule has 0 bridgehead atoms. The smallest absolute Gasteiger partial charge is 0.255 e. The van der Waals surface area contributed by atoms with Crippen molar-refractivity contribution in [2.45, 2.75) is 24.9 Å². The number of fused-ring (bicyclic) bond motifs is 3. The van der Waals surface area contributed by atoms with Gasteiger partial charge in [0, 0.05) is 53.7 Å². The number of hydrogen-bond acceptors (Lipinski definition) is 7. The van der Waals surface area contributed by atoms with Crippen molar-refractivity contribution in [2.24, 2.45) is 10.7 Å². The summed E-state index contributed by atoms with van der Waals surface area (Å²) in [5, 5.41) is 6.29. The predicted octanol–water partition coefficient (Wildman–Crippen LogP) is 5.50. The molecule has 4 aromatic rings. The Morgan fingerprint density at radius 1 is 1.00 bits per heavy atom. The highest BCUT2D eigenvalue weighted by Crippen LogP contribution is 2.35. The van der Waals surface area contributed by atoms with Crippen LogP contribution in [0.3, 0.4) is 0 Å². The molecule has 1 fully saturated rings. The Balaban J connectivity index is 1.25. The number of nitrogens with one attached hydrogen (secondary N) is 2. The molecule has 0 atom stereocenters. The number of aromatic nitrogens is 2. The summed E-state index contributed by atoms with van der Waals surface area (Å²) in [5.41, 5.74) is 8.12. The molecule has 1 aromatic heterocycles. The number of rotatable bonds is 5. The Kier molecular flexibility index (Phi) is 8.25. The fourth-order valence-electron chi connectivity index (χ4n) is 5.57. The lowest BCUT2D eigenvalue weighted by molar-refractivity contribution is -0.127. The average molecular weight is 651 g/mol. The first kappa shape index (κ1) is 30.6. The van der Waals surface area contributed by atoms with E-state index in [1.165, 1.54) is 25.2 Å². The fraction of sp³-hybridized carbons (Fsp3) is 0.219. The van der Waals surface area contributed by atoms with Crippen LogP contribution in [-0.4, -0.2) is 58.1 Å². The van der Waals surface area contributed by atoms with Crippen molar-refractivity contribution >= 4 is 52.4 Å². The number of aliphatic imine (C=N–C) groups is 1. The van der Waals surface area contributed by atoms with Crippen LogP contribution in [0.5, 0.6) is 0 Å². The summed E-state index contributed by atoms with van der Waals surface area (Å²) in [7, 11) is 1.54. The van der Waals surface area contributed by atoms with Gasteiger partial charge < -0.3 is 21.3 Å². The average Bonchev–Trinajstić information content (AvgIpc) is 3.17. The van der Waals surface area contributed by atoms with Gasteiger partial charge in [0.1, 0.15) is 11.6 Å². The Morgan fingerprint density at radius 2 is 1.73 bits per heavy atom. The van der Waals surface area contributed by atoms with Crippen LogP contribution in [0.25, 0.3) is 11.3 Å². The van der Waals surface area contributed by atoms with E-state index >= 15 is 0 Å². The second-order valence-corrected chi connectivity index (χ2v) is 11.7. The molecule has 0 saturated carbocycles. The van der Waals surface area contributed by atoms with Crippen LogP contribution in [0.1, 0.15) is 39.9 Å². The van der Waals surface area contributed by atoms with E-state index in [0.717, 1.165) is 0 Å². The molecule has 2 aliphatic rings. The van der Waals surface area contributed by atoms with Crippen LogP contribution in [0.4, 0.5) is 20.4 Å². The number of amides is 2. The molecule has 3 aromatic carbocycles. The minimum absolute atomic E-state index is 0.0819. The monoisotopic (exact) mass is 649 g/mol. The first-order valence-corrected chi connectivity index (χ1v) is 14.9. The number of nitrogens with zero attached hydrogens (tertiary/aromatic N) is 4. The molecule has 13 heteroatoms. The molecule has 6 rings (SSSR count). The van der Waals surface area contributed by atoms with Gasteiger partial charge in [0.15, 0.2) is 0 Å². The lowest BCUT2D eigenvalue weighted by atomic mass is 9.87. The van der Waals surface area contributed by atoms with E-state index in [-0.39, 0.29) is 40.6 Å². The van der Waals surface area contributed by atoms with Crippen LogP contribution in [0, 0.1) is 11.6 Å². The van der Waals surface area contributed by atoms with Crippen molar-refractivity contribution in [1.29, 1.82) is 0 Å². The normalized spacial score (nSPS) is 15.3. The third-order valence-electron chi connectivity index (χ3n) is 8.04. The van der Waals surface area contributed by atoms with Crippen LogP contribution in [0.2, 0.25) is 10.0 Å². The molecule has 9 nitrogen and oxygen atoms in total. The van der Waals surface area contributed by atoms with E-state index in [1.54, 1.807) is 47.5 Å². The van der Waals surface area contributed by atoms with E-state index in [2.05, 4.69) is 20.6 Å². The van der Waals surface area contributed by atoms with Gasteiger partial charge in [-0.05, 0) is 55.3 Å². The molecule has 0 radical (unpaired) electrons. The third-order valence-corrected chi connectivity index (χ3v) is 8.59. The largest absolute Gasteiger partial charge is 0.358 e. The van der Waals surface area contributed by atoms with Gasteiger partial charge in [0.05, 0.1) is 39.6 Å². The summed E-state index contributed by atoms with van der Waals surface area (Å²) in [4.78, 5) is 40.7. The first-order chi connectivity index (χ1) is 21.6. The molecular formula is C32H27Cl2F2N7O2. The van der Waals surface area contributed by atoms with Crippen LogP contribution < -0.4 is 16.4 Å². The standard InChI is InChI=1S/C32H27Cl2F2N7O2/c1-38-30(45)32(37)9-11-43(12-10-32)29(44)21-8-6-19(14-23(21)34)41-31-40-16-17-15-39-28(26-24(35)3-2-4-25(26)36)22-13-18(33)5-7-20(22)27(17)42-31/h2-8,13-14,16H,9-12,15,37H2,1H3,(H,38,45)(H,40,41,42). The number of carbonyl (C=O) groups excluding carboxylic acids is 2. The SMILES string of the molecule is CNC(=O)C1(N)CCN(C(=O)c2ccc(Nc3ncc4c(n3)-c3ccc(Cl)cc3C(c3c(F)cccc3F)=NC4)cc2Cl)CC1. The molecule has 0 aliphatic carbocycles. The van der Waals surface area contributed by atoms with E-state index in [1.807, 2.05) is 0 Å². The van der Waals surface area contributed by atoms with Crippen LogP contribution >= 0.6 is 23.2 Å². The van der Waals surface area contributed by atoms with E-state index in [9.17, 15) is 18.4 Å². The van der Waals surface area contributed by atoms with E-state index in [4.69, 9.17) is 33.9 Å². The molecule has 230 valence electrons. The van der Waals surface area contributed by atoms with Gasteiger partial charge in [-0.2, -0.15) is 0 Å². The highest BCUT2D eigenvalue weighted by Gasteiger charge is 2.38. The number of piperidine rings is 1. The lowest BCUT2D eigenvalue weighted by Gasteiger charge is -2.37. The highest BCUT2D eigenvalue weighted by molar-refractivity contribution is 6.34. The minimum atomic E-state index is -1.01. The zero-order valence-corrected chi connectivity index (χ0v) is 25.5. The van der Waals surface area contributed by atoms with Gasteiger partial charge >= 0.3 is 0 Å². The van der Waals surface area contributed by atoms with Crippen molar-refractivity contribution in [3.05, 3.63) is 105 Å². The van der Waals surface area contributed by atoms with Crippen molar-refractivity contribution in [1.82, 2.24) is 20.2 Å². The fourth-order valence-corrected chi connectivity index (χ4v) is 6.01. The van der Waals surface area contributed by atoms with E-state index in [0.29, 0.717) is 64.6 Å². The molecule has 2 amide bonds. The summed E-state index contributed by atoms with van der Waals surface area (Å²) < 4.78 is 29.7. The van der Waals surface area contributed by atoms with Gasteiger partial charge in [-0.25, -0.2) is 18.7 Å². The number of benzene rings is 3.